The first-order valence-electron chi connectivity index (χ1n) is 3.25. The molecule has 0 bridgehead atoms. The number of aliphatic hydroxyl groups is 1. The van der Waals surface area contributed by atoms with Gasteiger partial charge in [0.25, 0.3) is 0 Å². The maximum atomic E-state index is 10.2. The Morgan fingerprint density at radius 3 is 2.73 bits per heavy atom. The van der Waals surface area contributed by atoms with E-state index in [1.165, 1.54) is 0 Å². The van der Waals surface area contributed by atoms with Crippen LogP contribution < -0.4 is 11.1 Å². The van der Waals surface area contributed by atoms with Gasteiger partial charge in [-0.05, 0) is 0 Å². The monoisotopic (exact) mass is 157 g/mol. The van der Waals surface area contributed by atoms with Gasteiger partial charge in [0.15, 0.2) is 0 Å². The van der Waals surface area contributed by atoms with Crippen LogP contribution in [0.15, 0.2) is 0 Å². The second kappa shape index (κ2) is 3.78. The van der Waals surface area contributed by atoms with Crippen molar-refractivity contribution >= 4 is 6.03 Å². The van der Waals surface area contributed by atoms with Crippen LogP contribution in [0.25, 0.3) is 0 Å². The van der Waals surface area contributed by atoms with Gasteiger partial charge in [-0.25, -0.2) is 4.79 Å². The molecule has 1 atom stereocenters. The summed E-state index contributed by atoms with van der Waals surface area (Å²) in [5, 5.41) is 19.6. The zero-order chi connectivity index (χ0) is 8.91. The topological polar surface area (TPSA) is 99.1 Å². The van der Waals surface area contributed by atoms with E-state index in [1.807, 2.05) is 5.32 Å². The molecule has 0 fully saturated rings. The first-order valence-corrected chi connectivity index (χ1v) is 3.25. The van der Waals surface area contributed by atoms with Crippen molar-refractivity contribution in [1.29, 1.82) is 5.26 Å². The number of hydrogen-bond donors (Lipinski definition) is 3. The summed E-state index contributed by atoms with van der Waals surface area (Å²) in [4.78, 5) is 10.2. The van der Waals surface area contributed by atoms with Crippen molar-refractivity contribution in [3.8, 4) is 6.07 Å². The molecule has 0 aromatic rings. The highest BCUT2D eigenvalue weighted by molar-refractivity contribution is 5.72. The second-order valence-corrected chi connectivity index (χ2v) is 2.21. The van der Waals surface area contributed by atoms with Gasteiger partial charge in [0.1, 0.15) is 6.07 Å². The van der Waals surface area contributed by atoms with Gasteiger partial charge in [-0.15, -0.1) is 0 Å². The number of carbonyl (C=O) groups is 1. The first kappa shape index (κ1) is 9.72. The molecule has 0 aliphatic rings. The van der Waals surface area contributed by atoms with E-state index in [0.29, 0.717) is 6.42 Å². The van der Waals surface area contributed by atoms with E-state index in [9.17, 15) is 9.90 Å². The molecule has 1 unspecified atom stereocenters. The van der Waals surface area contributed by atoms with Gasteiger partial charge >= 0.3 is 6.03 Å². The van der Waals surface area contributed by atoms with Crippen molar-refractivity contribution in [2.75, 3.05) is 0 Å². The third-order valence-corrected chi connectivity index (χ3v) is 1.13. The van der Waals surface area contributed by atoms with Crippen LogP contribution in [0, 0.1) is 11.3 Å². The zero-order valence-electron chi connectivity index (χ0n) is 6.29. The maximum Gasteiger partial charge on any atom is 0.315 e. The lowest BCUT2D eigenvalue weighted by molar-refractivity contribution is 0.0644. The standard InChI is InChI=1S/C6H11N3O2/c1-2-3-6(11,4-7)9-5(8)10/h11H,2-3H2,1H3,(H3,8,9,10). The Morgan fingerprint density at radius 2 is 2.45 bits per heavy atom. The summed E-state index contributed by atoms with van der Waals surface area (Å²) in [6, 6.07) is 0.654. The number of rotatable bonds is 3. The summed E-state index contributed by atoms with van der Waals surface area (Å²) in [5.41, 5.74) is 2.92. The smallest absolute Gasteiger partial charge is 0.315 e. The van der Waals surface area contributed by atoms with E-state index in [-0.39, 0.29) is 6.42 Å². The van der Waals surface area contributed by atoms with E-state index in [2.05, 4.69) is 0 Å². The average molecular weight is 157 g/mol. The van der Waals surface area contributed by atoms with Crippen LogP contribution in [-0.2, 0) is 0 Å². The summed E-state index contributed by atoms with van der Waals surface area (Å²) in [6.07, 6.45) is 0.761. The fourth-order valence-electron chi connectivity index (χ4n) is 0.712. The van der Waals surface area contributed by atoms with E-state index < -0.39 is 11.8 Å². The number of primary amides is 1. The predicted molar refractivity (Wildman–Crippen MR) is 38.2 cm³/mol. The fraction of sp³-hybridized carbons (Fsp3) is 0.667. The molecule has 0 rings (SSSR count). The number of urea groups is 1. The van der Waals surface area contributed by atoms with Gasteiger partial charge in [-0.1, -0.05) is 13.3 Å². The van der Waals surface area contributed by atoms with Crippen LogP contribution in [-0.4, -0.2) is 16.9 Å². The number of nitrogens with zero attached hydrogens (tertiary/aromatic N) is 1. The molecule has 5 nitrogen and oxygen atoms in total. The highest BCUT2D eigenvalue weighted by atomic mass is 16.3. The van der Waals surface area contributed by atoms with Crippen LogP contribution >= 0.6 is 0 Å². The van der Waals surface area contributed by atoms with Crippen molar-refractivity contribution in [2.45, 2.75) is 25.5 Å². The second-order valence-electron chi connectivity index (χ2n) is 2.21. The molecule has 0 radical (unpaired) electrons. The number of carbonyl (C=O) groups excluding carboxylic acids is 1. The first-order chi connectivity index (χ1) is 5.04. The lowest BCUT2D eigenvalue weighted by Crippen LogP contribution is -2.49. The summed E-state index contributed by atoms with van der Waals surface area (Å²) < 4.78 is 0. The van der Waals surface area contributed by atoms with Gasteiger partial charge < -0.3 is 10.8 Å². The molecule has 2 amide bonds. The summed E-state index contributed by atoms with van der Waals surface area (Å²) in [6.45, 7) is 1.78. The van der Waals surface area contributed by atoms with E-state index in [1.54, 1.807) is 13.0 Å². The number of nitrogens with two attached hydrogens (primary N) is 1. The van der Waals surface area contributed by atoms with Gasteiger partial charge in [0, 0.05) is 6.42 Å². The SMILES string of the molecule is CCCC(O)(C#N)NC(N)=O. The Morgan fingerprint density at radius 1 is 1.91 bits per heavy atom. The van der Waals surface area contributed by atoms with E-state index in [4.69, 9.17) is 11.0 Å². The largest absolute Gasteiger partial charge is 0.359 e. The number of nitriles is 1. The molecule has 0 aromatic carbocycles. The predicted octanol–water partition coefficient (Wildman–Crippen LogP) is -0.333. The van der Waals surface area contributed by atoms with Crippen LogP contribution in [0.1, 0.15) is 19.8 Å². The summed E-state index contributed by atoms with van der Waals surface area (Å²) >= 11 is 0. The molecular weight excluding hydrogens is 146 g/mol. The highest BCUT2D eigenvalue weighted by Gasteiger charge is 2.26. The molecule has 4 N–H and O–H groups in total. The minimum absolute atomic E-state index is 0.173. The molecule has 0 saturated heterocycles. The van der Waals surface area contributed by atoms with Crippen LogP contribution in [0.4, 0.5) is 4.79 Å². The van der Waals surface area contributed by atoms with E-state index >= 15 is 0 Å². The van der Waals surface area contributed by atoms with Crippen LogP contribution in [0.5, 0.6) is 0 Å². The average Bonchev–Trinajstić information content (AvgIpc) is 1.87. The quantitative estimate of drug-likeness (QED) is 0.386. The maximum absolute atomic E-state index is 10.2. The Kier molecular flexibility index (Phi) is 3.34. The number of nitrogens with one attached hydrogen (secondary N) is 1. The molecule has 11 heavy (non-hydrogen) atoms. The van der Waals surface area contributed by atoms with Crippen molar-refractivity contribution < 1.29 is 9.90 Å². The number of hydrogen-bond acceptors (Lipinski definition) is 3. The Bertz CT molecular complexity index is 187. The highest BCUT2D eigenvalue weighted by Crippen LogP contribution is 2.06. The third kappa shape index (κ3) is 3.43. The molecular formula is C6H11N3O2. The lowest BCUT2D eigenvalue weighted by atomic mass is 10.1. The molecule has 0 aliphatic carbocycles. The molecule has 5 heteroatoms. The molecule has 0 spiro atoms. The van der Waals surface area contributed by atoms with Crippen LogP contribution in [0.2, 0.25) is 0 Å². The Labute approximate surface area is 64.8 Å². The van der Waals surface area contributed by atoms with Gasteiger partial charge in [0.05, 0.1) is 0 Å². The van der Waals surface area contributed by atoms with Crippen LogP contribution in [0.3, 0.4) is 0 Å². The van der Waals surface area contributed by atoms with Crippen molar-refractivity contribution in [3.63, 3.8) is 0 Å². The minimum atomic E-state index is -1.80. The number of amides is 2. The minimum Gasteiger partial charge on any atom is -0.359 e. The summed E-state index contributed by atoms with van der Waals surface area (Å²) in [7, 11) is 0. The van der Waals surface area contributed by atoms with Gasteiger partial charge in [0.2, 0.25) is 5.72 Å². The molecule has 0 saturated carbocycles. The van der Waals surface area contributed by atoms with E-state index in [0.717, 1.165) is 0 Å². The van der Waals surface area contributed by atoms with Crippen molar-refractivity contribution in [3.05, 3.63) is 0 Å². The lowest BCUT2D eigenvalue weighted by Gasteiger charge is -2.18. The molecule has 0 heterocycles. The zero-order valence-corrected chi connectivity index (χ0v) is 6.29. The fourth-order valence-corrected chi connectivity index (χ4v) is 0.712. The van der Waals surface area contributed by atoms with Gasteiger partial charge in [-0.2, -0.15) is 5.26 Å². The molecule has 0 aliphatic heterocycles. The third-order valence-electron chi connectivity index (χ3n) is 1.13. The van der Waals surface area contributed by atoms with Crippen molar-refractivity contribution in [1.82, 2.24) is 5.32 Å². The Balaban J connectivity index is 4.13. The Hall–Kier alpha value is -1.28. The molecule has 62 valence electrons. The molecule has 0 aromatic heterocycles. The van der Waals surface area contributed by atoms with Gasteiger partial charge in [-0.3, -0.25) is 5.32 Å². The normalized spacial score (nSPS) is 14.6. The summed E-state index contributed by atoms with van der Waals surface area (Å²) in [5.74, 6) is 0. The van der Waals surface area contributed by atoms with Crippen molar-refractivity contribution in [2.24, 2.45) is 5.73 Å².